The lowest BCUT2D eigenvalue weighted by molar-refractivity contribution is 0.134. The van der Waals surface area contributed by atoms with Gasteiger partial charge >= 0.3 is 0 Å². The predicted octanol–water partition coefficient (Wildman–Crippen LogP) is 5.47. The van der Waals surface area contributed by atoms with Gasteiger partial charge in [0, 0.05) is 15.6 Å². The van der Waals surface area contributed by atoms with Gasteiger partial charge in [-0.05, 0) is 61.1 Å². The fourth-order valence-electron chi connectivity index (χ4n) is 3.29. The molecule has 1 saturated carbocycles. The number of hydrogen-bond acceptors (Lipinski definition) is 1. The van der Waals surface area contributed by atoms with Crippen LogP contribution in [0.4, 0.5) is 0 Å². The van der Waals surface area contributed by atoms with Crippen molar-refractivity contribution in [3.8, 4) is 0 Å². The number of halogens is 2. The Morgan fingerprint density at radius 1 is 1.15 bits per heavy atom. The van der Waals surface area contributed by atoms with Crippen LogP contribution in [0.2, 0.25) is 10.0 Å². The molecule has 0 atom stereocenters. The van der Waals surface area contributed by atoms with E-state index in [0.29, 0.717) is 5.41 Å². The lowest BCUT2D eigenvalue weighted by Gasteiger charge is -2.42. The molecule has 20 heavy (non-hydrogen) atoms. The van der Waals surface area contributed by atoms with Crippen LogP contribution in [0, 0.1) is 11.3 Å². The smallest absolute Gasteiger partial charge is 0.0453 e. The van der Waals surface area contributed by atoms with Gasteiger partial charge in [0.25, 0.3) is 0 Å². The summed E-state index contributed by atoms with van der Waals surface area (Å²) in [6.45, 7) is 6.98. The minimum atomic E-state index is -0.156. The molecule has 0 aromatic heterocycles. The van der Waals surface area contributed by atoms with E-state index in [2.05, 4.69) is 20.8 Å². The first kappa shape index (κ1) is 16.1. The highest BCUT2D eigenvalue weighted by Crippen LogP contribution is 2.42. The van der Waals surface area contributed by atoms with Crippen LogP contribution in [0.15, 0.2) is 18.2 Å². The number of benzene rings is 1. The van der Waals surface area contributed by atoms with Crippen LogP contribution in [-0.4, -0.2) is 5.54 Å². The zero-order chi connectivity index (χ0) is 15.0. The van der Waals surface area contributed by atoms with Crippen LogP contribution in [0.5, 0.6) is 0 Å². The lowest BCUT2D eigenvalue weighted by Crippen LogP contribution is -2.46. The Morgan fingerprint density at radius 3 is 2.10 bits per heavy atom. The van der Waals surface area contributed by atoms with Gasteiger partial charge in [0.1, 0.15) is 0 Å². The average molecular weight is 314 g/mol. The van der Waals surface area contributed by atoms with Crippen molar-refractivity contribution in [1.82, 2.24) is 0 Å². The molecule has 1 fully saturated rings. The summed E-state index contributed by atoms with van der Waals surface area (Å²) in [6, 6.07) is 5.67. The molecule has 0 bridgehead atoms. The number of hydrogen-bond donors (Lipinski definition) is 1. The zero-order valence-corrected chi connectivity index (χ0v) is 14.2. The largest absolute Gasteiger partial charge is 0.325 e. The monoisotopic (exact) mass is 313 g/mol. The Morgan fingerprint density at radius 2 is 1.65 bits per heavy atom. The molecule has 1 aromatic carbocycles. The van der Waals surface area contributed by atoms with Crippen molar-refractivity contribution in [3.63, 3.8) is 0 Å². The first-order valence-electron chi connectivity index (χ1n) is 7.43. The molecular formula is C17H25Cl2N. The predicted molar refractivity (Wildman–Crippen MR) is 88.5 cm³/mol. The van der Waals surface area contributed by atoms with Crippen LogP contribution in [0.3, 0.4) is 0 Å². The molecule has 1 nitrogen and oxygen atoms in total. The van der Waals surface area contributed by atoms with Gasteiger partial charge in [0.05, 0.1) is 0 Å². The minimum Gasteiger partial charge on any atom is -0.325 e. The summed E-state index contributed by atoms with van der Waals surface area (Å²) in [6.07, 6.45) is 5.28. The second-order valence-corrected chi connectivity index (χ2v) is 8.19. The summed E-state index contributed by atoms with van der Waals surface area (Å²) in [5, 5.41) is 1.47. The van der Waals surface area contributed by atoms with Crippen LogP contribution >= 0.6 is 23.2 Å². The van der Waals surface area contributed by atoms with E-state index < -0.39 is 0 Å². The van der Waals surface area contributed by atoms with Crippen molar-refractivity contribution in [2.24, 2.45) is 17.1 Å². The Kier molecular flexibility index (Phi) is 4.73. The number of nitrogens with two attached hydrogens (primary N) is 1. The molecule has 0 saturated heterocycles. The second-order valence-electron chi connectivity index (χ2n) is 7.38. The molecule has 0 unspecified atom stereocenters. The average Bonchev–Trinajstić information content (AvgIpc) is 2.33. The summed E-state index contributed by atoms with van der Waals surface area (Å²) in [4.78, 5) is 0. The van der Waals surface area contributed by atoms with Gasteiger partial charge in [-0.25, -0.2) is 0 Å². The topological polar surface area (TPSA) is 26.0 Å². The van der Waals surface area contributed by atoms with E-state index in [1.165, 1.54) is 12.8 Å². The normalized spacial score (nSPS) is 27.6. The third kappa shape index (κ3) is 3.69. The molecule has 0 aliphatic heterocycles. The fourth-order valence-corrected chi connectivity index (χ4v) is 3.82. The molecular weight excluding hydrogens is 289 g/mol. The van der Waals surface area contributed by atoms with E-state index in [1.54, 1.807) is 0 Å². The fraction of sp³-hybridized carbons (Fsp3) is 0.647. The molecule has 0 amide bonds. The van der Waals surface area contributed by atoms with E-state index in [9.17, 15) is 0 Å². The first-order valence-corrected chi connectivity index (χ1v) is 8.19. The maximum atomic E-state index is 6.62. The molecule has 2 N–H and O–H groups in total. The van der Waals surface area contributed by atoms with Crippen LogP contribution < -0.4 is 5.73 Å². The lowest BCUT2D eigenvalue weighted by atomic mass is 9.66. The molecule has 1 aliphatic rings. The van der Waals surface area contributed by atoms with Gasteiger partial charge in [-0.3, -0.25) is 0 Å². The molecule has 0 spiro atoms. The highest BCUT2D eigenvalue weighted by molar-refractivity contribution is 6.36. The van der Waals surface area contributed by atoms with Crippen LogP contribution in [0.1, 0.15) is 52.0 Å². The van der Waals surface area contributed by atoms with E-state index in [4.69, 9.17) is 28.9 Å². The number of rotatable bonds is 2. The molecule has 2 rings (SSSR count). The third-order valence-corrected chi connectivity index (χ3v) is 5.50. The highest BCUT2D eigenvalue weighted by atomic mass is 35.5. The molecule has 0 heterocycles. The zero-order valence-electron chi connectivity index (χ0n) is 12.7. The van der Waals surface area contributed by atoms with E-state index in [1.807, 2.05) is 18.2 Å². The molecule has 1 aromatic rings. The molecule has 1 aliphatic carbocycles. The van der Waals surface area contributed by atoms with E-state index in [-0.39, 0.29) is 5.54 Å². The summed E-state index contributed by atoms with van der Waals surface area (Å²) >= 11 is 12.5. The van der Waals surface area contributed by atoms with E-state index >= 15 is 0 Å². The minimum absolute atomic E-state index is 0.156. The third-order valence-electron chi connectivity index (χ3n) is 4.80. The first-order chi connectivity index (χ1) is 9.21. The van der Waals surface area contributed by atoms with Gasteiger partial charge in [-0.2, -0.15) is 0 Å². The summed E-state index contributed by atoms with van der Waals surface area (Å²) in [7, 11) is 0. The van der Waals surface area contributed by atoms with Gasteiger partial charge < -0.3 is 5.73 Å². The second kappa shape index (κ2) is 5.87. The van der Waals surface area contributed by atoms with Crippen molar-refractivity contribution >= 4 is 23.2 Å². The quantitative estimate of drug-likeness (QED) is 0.769. The van der Waals surface area contributed by atoms with Crippen molar-refractivity contribution in [2.45, 2.75) is 58.4 Å². The van der Waals surface area contributed by atoms with Crippen molar-refractivity contribution in [2.75, 3.05) is 0 Å². The van der Waals surface area contributed by atoms with Crippen LogP contribution in [0.25, 0.3) is 0 Å². The van der Waals surface area contributed by atoms with Crippen LogP contribution in [-0.2, 0) is 6.42 Å². The standard InChI is InChI=1S/C17H25Cl2N/c1-16(2,3)12-7-9-17(20,10-8-12)11-13-14(18)5-4-6-15(13)19/h4-6,12H,7-11,20H2,1-3H3. The van der Waals surface area contributed by atoms with Crippen molar-refractivity contribution in [1.29, 1.82) is 0 Å². The van der Waals surface area contributed by atoms with Gasteiger partial charge in [0.2, 0.25) is 0 Å². The Bertz CT molecular complexity index is 448. The molecule has 3 heteroatoms. The molecule has 112 valence electrons. The van der Waals surface area contributed by atoms with E-state index in [0.717, 1.165) is 40.8 Å². The SMILES string of the molecule is CC(C)(C)C1CCC(N)(Cc2c(Cl)cccc2Cl)CC1. The van der Waals surface area contributed by atoms with Crippen molar-refractivity contribution in [3.05, 3.63) is 33.8 Å². The maximum absolute atomic E-state index is 6.62. The maximum Gasteiger partial charge on any atom is 0.0453 e. The summed E-state index contributed by atoms with van der Waals surface area (Å²) in [5.74, 6) is 0.765. The van der Waals surface area contributed by atoms with Gasteiger partial charge in [-0.15, -0.1) is 0 Å². The Labute approximate surface area is 132 Å². The van der Waals surface area contributed by atoms with Crippen molar-refractivity contribution < 1.29 is 0 Å². The van der Waals surface area contributed by atoms with Gasteiger partial charge in [-0.1, -0.05) is 50.0 Å². The Balaban J connectivity index is 2.08. The highest BCUT2D eigenvalue weighted by Gasteiger charge is 2.36. The summed E-state index contributed by atoms with van der Waals surface area (Å²) in [5.41, 5.74) is 7.85. The Hall–Kier alpha value is -0.240. The molecule has 0 radical (unpaired) electrons. The van der Waals surface area contributed by atoms with Gasteiger partial charge in [0.15, 0.2) is 0 Å². The summed E-state index contributed by atoms with van der Waals surface area (Å²) < 4.78 is 0.